The average Bonchev–Trinajstić information content (AvgIpc) is 2.51. The highest BCUT2D eigenvalue weighted by Gasteiger charge is 2.06. The van der Waals surface area contributed by atoms with Crippen molar-refractivity contribution in [1.82, 2.24) is 10.3 Å². The Morgan fingerprint density at radius 1 is 1.18 bits per heavy atom. The molecule has 3 nitrogen and oxygen atoms in total. The summed E-state index contributed by atoms with van der Waals surface area (Å²) in [6.45, 7) is 2.72. The van der Waals surface area contributed by atoms with Crippen LogP contribution in [-0.4, -0.2) is 16.6 Å². The molecule has 0 aliphatic heterocycles. The Morgan fingerprint density at radius 2 is 1.91 bits per heavy atom. The first-order valence-corrected chi connectivity index (χ1v) is 8.20. The Hall–Kier alpha value is -1.36. The molecule has 2 N–H and O–H groups in total. The maximum absolute atomic E-state index is 6.14. The summed E-state index contributed by atoms with van der Waals surface area (Å²) in [5, 5.41) is 8.15. The molecule has 1 heterocycles. The van der Waals surface area contributed by atoms with E-state index < -0.39 is 0 Å². The van der Waals surface area contributed by atoms with E-state index in [1.807, 2.05) is 30.3 Å². The second kappa shape index (κ2) is 8.32. The zero-order valence-corrected chi connectivity index (χ0v) is 14.5. The standard InChI is InChI=1S/C16H17Cl2N3S/c1-2-11-5-4-9-19-15(11)21-16(22)20-10-8-12-13(17)6-3-7-14(12)18/h3-7,9H,2,8,10H2,1H3,(H2,19,20,21,22). The second-order valence-electron chi connectivity index (χ2n) is 4.70. The number of hydrogen-bond acceptors (Lipinski definition) is 2. The lowest BCUT2D eigenvalue weighted by atomic mass is 10.1. The van der Waals surface area contributed by atoms with E-state index in [-0.39, 0.29) is 0 Å². The van der Waals surface area contributed by atoms with E-state index in [1.54, 1.807) is 6.20 Å². The molecule has 2 aromatic rings. The van der Waals surface area contributed by atoms with Crippen LogP contribution in [0.15, 0.2) is 36.5 Å². The van der Waals surface area contributed by atoms with E-state index in [9.17, 15) is 0 Å². The molecule has 0 fully saturated rings. The lowest BCUT2D eigenvalue weighted by Crippen LogP contribution is -2.31. The van der Waals surface area contributed by atoms with E-state index in [2.05, 4.69) is 22.5 Å². The third-order valence-electron chi connectivity index (χ3n) is 3.23. The van der Waals surface area contributed by atoms with Gasteiger partial charge in [-0.2, -0.15) is 0 Å². The molecule has 116 valence electrons. The molecule has 0 unspecified atom stereocenters. The summed E-state index contributed by atoms with van der Waals surface area (Å²) in [5.41, 5.74) is 2.05. The number of nitrogens with zero attached hydrogens (tertiary/aromatic N) is 1. The van der Waals surface area contributed by atoms with Crippen LogP contribution < -0.4 is 10.6 Å². The van der Waals surface area contributed by atoms with Gasteiger partial charge in [0.2, 0.25) is 0 Å². The van der Waals surface area contributed by atoms with Crippen LogP contribution in [0.25, 0.3) is 0 Å². The van der Waals surface area contributed by atoms with Gasteiger partial charge in [0.1, 0.15) is 5.82 Å². The SMILES string of the molecule is CCc1cccnc1NC(=S)NCCc1c(Cl)cccc1Cl. The number of nitrogens with one attached hydrogen (secondary N) is 2. The normalized spacial score (nSPS) is 10.3. The van der Waals surface area contributed by atoms with Crippen LogP contribution in [0.4, 0.5) is 5.82 Å². The summed E-state index contributed by atoms with van der Waals surface area (Å²) in [6, 6.07) is 9.45. The fourth-order valence-corrected chi connectivity index (χ4v) is 2.85. The van der Waals surface area contributed by atoms with Crippen molar-refractivity contribution in [3.05, 3.63) is 57.7 Å². The molecule has 0 bridgehead atoms. The molecule has 1 aromatic heterocycles. The summed E-state index contributed by atoms with van der Waals surface area (Å²) in [7, 11) is 0. The average molecular weight is 354 g/mol. The van der Waals surface area contributed by atoms with Crippen LogP contribution in [0.3, 0.4) is 0 Å². The van der Waals surface area contributed by atoms with E-state index in [1.165, 1.54) is 0 Å². The zero-order valence-electron chi connectivity index (χ0n) is 12.2. The predicted molar refractivity (Wildman–Crippen MR) is 98.0 cm³/mol. The van der Waals surface area contributed by atoms with Gasteiger partial charge in [-0.3, -0.25) is 0 Å². The van der Waals surface area contributed by atoms with Crippen LogP contribution >= 0.6 is 35.4 Å². The monoisotopic (exact) mass is 353 g/mol. The van der Waals surface area contributed by atoms with Crippen LogP contribution in [0.5, 0.6) is 0 Å². The molecule has 6 heteroatoms. The van der Waals surface area contributed by atoms with Gasteiger partial charge in [-0.25, -0.2) is 4.98 Å². The Balaban J connectivity index is 1.88. The minimum atomic E-state index is 0.538. The molecule has 0 aliphatic carbocycles. The quantitative estimate of drug-likeness (QED) is 0.777. The lowest BCUT2D eigenvalue weighted by Gasteiger charge is -2.13. The number of aryl methyl sites for hydroxylation is 1. The van der Waals surface area contributed by atoms with Gasteiger partial charge in [0.05, 0.1) is 0 Å². The zero-order chi connectivity index (χ0) is 15.9. The minimum Gasteiger partial charge on any atom is -0.362 e. The summed E-state index contributed by atoms with van der Waals surface area (Å²) in [4.78, 5) is 4.30. The number of anilines is 1. The molecule has 0 saturated heterocycles. The Bertz CT molecular complexity index is 641. The lowest BCUT2D eigenvalue weighted by molar-refractivity contribution is 0.873. The first kappa shape index (κ1) is 17.0. The number of aromatic nitrogens is 1. The van der Waals surface area contributed by atoms with Gasteiger partial charge in [-0.15, -0.1) is 0 Å². The summed E-state index contributed by atoms with van der Waals surface area (Å²) in [5.74, 6) is 0.790. The van der Waals surface area contributed by atoms with Crippen molar-refractivity contribution in [3.63, 3.8) is 0 Å². The van der Waals surface area contributed by atoms with Crippen molar-refractivity contribution in [2.45, 2.75) is 19.8 Å². The molecule has 0 spiro atoms. The molecule has 1 aromatic carbocycles. The van der Waals surface area contributed by atoms with Crippen molar-refractivity contribution in [2.24, 2.45) is 0 Å². The first-order chi connectivity index (χ1) is 10.6. The molecule has 0 amide bonds. The molecule has 22 heavy (non-hydrogen) atoms. The fourth-order valence-electron chi connectivity index (χ4n) is 2.06. The van der Waals surface area contributed by atoms with Gasteiger partial charge in [-0.1, -0.05) is 42.3 Å². The molecular formula is C16H17Cl2N3S. The van der Waals surface area contributed by atoms with Crippen molar-refractivity contribution in [3.8, 4) is 0 Å². The topological polar surface area (TPSA) is 37.0 Å². The minimum absolute atomic E-state index is 0.538. The predicted octanol–water partition coefficient (Wildman–Crippen LogP) is 4.48. The van der Waals surface area contributed by atoms with Gasteiger partial charge in [0.15, 0.2) is 5.11 Å². The van der Waals surface area contributed by atoms with Gasteiger partial charge in [-0.05, 0) is 54.4 Å². The molecule has 0 atom stereocenters. The van der Waals surface area contributed by atoms with Crippen molar-refractivity contribution in [2.75, 3.05) is 11.9 Å². The van der Waals surface area contributed by atoms with Crippen molar-refractivity contribution >= 4 is 46.4 Å². The number of rotatable bonds is 5. The number of thiocarbonyl (C=S) groups is 1. The van der Waals surface area contributed by atoms with E-state index >= 15 is 0 Å². The van der Waals surface area contributed by atoms with Crippen molar-refractivity contribution < 1.29 is 0 Å². The summed E-state index contributed by atoms with van der Waals surface area (Å²) in [6.07, 6.45) is 3.34. The number of pyridine rings is 1. The molecular weight excluding hydrogens is 337 g/mol. The van der Waals surface area contributed by atoms with E-state index in [4.69, 9.17) is 35.4 Å². The van der Waals surface area contributed by atoms with Gasteiger partial charge >= 0.3 is 0 Å². The van der Waals surface area contributed by atoms with Gasteiger partial charge < -0.3 is 10.6 Å². The third kappa shape index (κ3) is 4.57. The maximum atomic E-state index is 6.14. The van der Waals surface area contributed by atoms with Crippen LogP contribution in [0.2, 0.25) is 10.0 Å². The Labute approximate surface area is 146 Å². The van der Waals surface area contributed by atoms with E-state index in [0.717, 1.165) is 23.4 Å². The van der Waals surface area contributed by atoms with Gasteiger partial charge in [0, 0.05) is 22.8 Å². The van der Waals surface area contributed by atoms with Crippen LogP contribution in [-0.2, 0) is 12.8 Å². The third-order valence-corrected chi connectivity index (χ3v) is 4.18. The highest BCUT2D eigenvalue weighted by Crippen LogP contribution is 2.24. The Kier molecular flexibility index (Phi) is 6.43. The van der Waals surface area contributed by atoms with Crippen molar-refractivity contribution in [1.29, 1.82) is 0 Å². The number of halogens is 2. The molecule has 0 saturated carbocycles. The smallest absolute Gasteiger partial charge is 0.171 e. The highest BCUT2D eigenvalue weighted by molar-refractivity contribution is 7.80. The maximum Gasteiger partial charge on any atom is 0.171 e. The number of benzene rings is 1. The number of hydrogen-bond donors (Lipinski definition) is 2. The summed E-state index contributed by atoms with van der Waals surface area (Å²) >= 11 is 17.6. The first-order valence-electron chi connectivity index (χ1n) is 7.03. The molecule has 0 aliphatic rings. The molecule has 0 radical (unpaired) electrons. The Morgan fingerprint density at radius 3 is 2.59 bits per heavy atom. The summed E-state index contributed by atoms with van der Waals surface area (Å²) < 4.78 is 0. The van der Waals surface area contributed by atoms with Crippen LogP contribution in [0, 0.1) is 0 Å². The van der Waals surface area contributed by atoms with Crippen LogP contribution in [0.1, 0.15) is 18.1 Å². The largest absolute Gasteiger partial charge is 0.362 e. The second-order valence-corrected chi connectivity index (χ2v) is 5.92. The molecule has 2 rings (SSSR count). The van der Waals surface area contributed by atoms with Gasteiger partial charge in [0.25, 0.3) is 0 Å². The fraction of sp³-hybridized carbons (Fsp3) is 0.250. The highest BCUT2D eigenvalue weighted by atomic mass is 35.5. The van der Waals surface area contributed by atoms with E-state index in [0.29, 0.717) is 28.1 Å².